The van der Waals surface area contributed by atoms with Gasteiger partial charge in [-0.25, -0.2) is 0 Å². The molecule has 15 rings (SSSR count). The van der Waals surface area contributed by atoms with E-state index in [0.717, 1.165) is 74.2 Å². The molecule has 0 saturated carbocycles. The van der Waals surface area contributed by atoms with Crippen molar-refractivity contribution in [1.82, 2.24) is 0 Å². The van der Waals surface area contributed by atoms with Crippen LogP contribution in [0.5, 0.6) is 0 Å². The monoisotopic (exact) mass is 1200 g/mol. The largest absolute Gasteiger partial charge is 0.472 e. The van der Waals surface area contributed by atoms with E-state index in [1.807, 2.05) is 0 Å². The SMILES string of the molecule is Cc1cc(-c2ccccc2)cc(C)c1N1c2cc3c(cc2B2c4oc5c(c4N(c4ccc(-c6ccccc6)cc4)c4cc(N(c6ccc7c(c6)C(C)(C)CCC7(C)C)c6ccc7c(c6)C(C)(C)CCC7(C)C)cc1c42)C(C)(C)CCC5(C)C)C(C)(C)CCC3(C)C. The first-order valence-corrected chi connectivity index (χ1v) is 34.4. The first-order valence-electron chi connectivity index (χ1n) is 34.4. The van der Waals surface area contributed by atoms with Crippen LogP contribution in [0.3, 0.4) is 0 Å². The molecule has 2 aliphatic heterocycles. The third kappa shape index (κ3) is 9.24. The number of hydrogen-bond acceptors (Lipinski definition) is 4. The van der Waals surface area contributed by atoms with Gasteiger partial charge in [-0.15, -0.1) is 0 Å². The molecular formula is C86H96BN3O. The molecule has 6 aliphatic rings. The van der Waals surface area contributed by atoms with Gasteiger partial charge in [0.15, 0.2) is 0 Å². The van der Waals surface area contributed by atoms with Crippen LogP contribution in [0, 0.1) is 13.8 Å². The smallest absolute Gasteiger partial charge is 0.297 e. The second-order valence-corrected chi connectivity index (χ2v) is 34.1. The van der Waals surface area contributed by atoms with Gasteiger partial charge in [-0.3, -0.25) is 0 Å². The van der Waals surface area contributed by atoms with Crippen LogP contribution >= 0.6 is 0 Å². The third-order valence-electron chi connectivity index (χ3n) is 24.0. The van der Waals surface area contributed by atoms with Crippen molar-refractivity contribution in [2.24, 2.45) is 0 Å². The first kappa shape index (κ1) is 59.8. The van der Waals surface area contributed by atoms with Gasteiger partial charge in [-0.05, 0) is 248 Å². The van der Waals surface area contributed by atoms with Crippen LogP contribution < -0.4 is 31.3 Å². The van der Waals surface area contributed by atoms with Crippen molar-refractivity contribution >= 4 is 74.5 Å². The van der Waals surface area contributed by atoms with E-state index >= 15 is 0 Å². The fourth-order valence-corrected chi connectivity index (χ4v) is 17.9. The summed E-state index contributed by atoms with van der Waals surface area (Å²) in [5.41, 5.74) is 31.6. The Morgan fingerprint density at radius 3 is 1.27 bits per heavy atom. The Morgan fingerprint density at radius 1 is 0.352 bits per heavy atom. The molecule has 0 bridgehead atoms. The molecule has 1 aromatic heterocycles. The summed E-state index contributed by atoms with van der Waals surface area (Å²) in [5, 5.41) is 0. The number of rotatable bonds is 7. The second-order valence-electron chi connectivity index (χ2n) is 34.1. The molecular weight excluding hydrogens is 1100 g/mol. The standard InChI is InChI=1S/C86H96BN3O/c1-53-45-58(56-27-23-20-24-28-56)46-54(2)75(53)90-70-52-68-67(83(11,12)41-42-84(68,13)14)51-69(70)87-74-71(89(59-31-29-57(30-32-59)55-25-21-19-22-26-55)76-73-77(91-78(76)87)86(17,18)44-43-85(73,15)16)49-62(50-72(74)90)88(60-33-35-63-65(47-60)81(7,8)39-37-79(63,3)4)61-34-36-64-66(48-61)82(9,10)40-38-80(64,5)6/h19-36,45-52H,37-44H2,1-18H3. The zero-order valence-corrected chi connectivity index (χ0v) is 58.0. The Labute approximate surface area is 545 Å². The lowest BCUT2D eigenvalue weighted by atomic mass is 9.35. The summed E-state index contributed by atoms with van der Waals surface area (Å²) in [5.74, 6) is 1.14. The molecule has 4 aliphatic carbocycles. The van der Waals surface area contributed by atoms with Crippen LogP contribution in [0.2, 0.25) is 0 Å². The van der Waals surface area contributed by atoms with Crippen LogP contribution in [0.4, 0.5) is 51.2 Å². The lowest BCUT2D eigenvalue weighted by Gasteiger charge is -2.48. The van der Waals surface area contributed by atoms with Gasteiger partial charge in [0, 0.05) is 45.1 Å². The number of furan rings is 1. The maximum atomic E-state index is 8.04. The summed E-state index contributed by atoms with van der Waals surface area (Å²) in [6.45, 7) is 44.2. The van der Waals surface area contributed by atoms with E-state index < -0.39 is 0 Å². The Bertz CT molecular complexity index is 4350. The van der Waals surface area contributed by atoms with Crippen molar-refractivity contribution in [3.63, 3.8) is 0 Å². The van der Waals surface area contributed by atoms with E-state index in [9.17, 15) is 0 Å². The fraction of sp³-hybridized carbons (Fsp3) is 0.395. The molecule has 4 nitrogen and oxygen atoms in total. The van der Waals surface area contributed by atoms with Crippen LogP contribution in [0.15, 0.2) is 162 Å². The van der Waals surface area contributed by atoms with Gasteiger partial charge in [0.1, 0.15) is 5.76 Å². The zero-order chi connectivity index (χ0) is 64.1. The number of anilines is 9. The summed E-state index contributed by atoms with van der Waals surface area (Å²) in [6.07, 6.45) is 8.97. The molecule has 91 heavy (non-hydrogen) atoms. The number of fused-ring (bicyclic) bond motifs is 9. The molecule has 3 heterocycles. The van der Waals surface area contributed by atoms with Gasteiger partial charge in [0.2, 0.25) is 0 Å². The molecule has 5 heteroatoms. The summed E-state index contributed by atoms with van der Waals surface area (Å²) in [6, 6.07) is 62.1. The summed E-state index contributed by atoms with van der Waals surface area (Å²) in [7, 11) is 0. The van der Waals surface area contributed by atoms with Crippen molar-refractivity contribution in [2.75, 3.05) is 14.7 Å². The minimum absolute atomic E-state index is 0.00745. The highest BCUT2D eigenvalue weighted by atomic mass is 16.3. The Morgan fingerprint density at radius 2 is 0.769 bits per heavy atom. The van der Waals surface area contributed by atoms with Gasteiger partial charge < -0.3 is 19.1 Å². The van der Waals surface area contributed by atoms with Gasteiger partial charge in [0.25, 0.3) is 6.71 Å². The second kappa shape index (κ2) is 20.0. The summed E-state index contributed by atoms with van der Waals surface area (Å²) >= 11 is 0. The van der Waals surface area contributed by atoms with E-state index in [-0.39, 0.29) is 50.0 Å². The van der Waals surface area contributed by atoms with Crippen LogP contribution in [-0.4, -0.2) is 6.71 Å². The van der Waals surface area contributed by atoms with E-state index in [2.05, 4.69) is 297 Å². The Balaban J connectivity index is 1.11. The quantitative estimate of drug-likeness (QED) is 0.148. The maximum Gasteiger partial charge on any atom is 0.297 e. The highest BCUT2D eigenvalue weighted by Gasteiger charge is 2.54. The van der Waals surface area contributed by atoms with E-state index in [1.165, 1.54) is 123 Å². The van der Waals surface area contributed by atoms with Crippen molar-refractivity contribution in [3.8, 4) is 22.3 Å². The number of hydrogen-bond donors (Lipinski definition) is 0. The van der Waals surface area contributed by atoms with Gasteiger partial charge in [-0.1, -0.05) is 202 Å². The minimum atomic E-state index is -0.209. The van der Waals surface area contributed by atoms with Crippen LogP contribution in [0.1, 0.15) is 218 Å². The molecule has 0 radical (unpaired) electrons. The molecule has 9 aromatic rings. The third-order valence-corrected chi connectivity index (χ3v) is 24.0. The summed E-state index contributed by atoms with van der Waals surface area (Å²) in [4.78, 5) is 8.12. The molecule has 0 N–H and O–H groups in total. The predicted octanol–water partition coefficient (Wildman–Crippen LogP) is 22.2. The molecule has 0 unspecified atom stereocenters. The van der Waals surface area contributed by atoms with Crippen molar-refractivity contribution in [1.29, 1.82) is 0 Å². The Kier molecular flexibility index (Phi) is 13.1. The number of benzene rings is 8. The normalized spacial score (nSPS) is 20.0. The highest BCUT2D eigenvalue weighted by molar-refractivity contribution is 6.99. The topological polar surface area (TPSA) is 22.9 Å². The van der Waals surface area contributed by atoms with Crippen molar-refractivity contribution < 1.29 is 4.42 Å². The van der Waals surface area contributed by atoms with Crippen LogP contribution in [-0.2, 0) is 43.3 Å². The molecule has 0 fully saturated rings. The van der Waals surface area contributed by atoms with Crippen LogP contribution in [0.25, 0.3) is 22.3 Å². The summed E-state index contributed by atoms with van der Waals surface area (Å²) < 4.78 is 8.04. The van der Waals surface area contributed by atoms with Gasteiger partial charge in [0.05, 0.1) is 22.7 Å². The maximum absolute atomic E-state index is 8.04. The van der Waals surface area contributed by atoms with Crippen molar-refractivity contribution in [3.05, 3.63) is 214 Å². The van der Waals surface area contributed by atoms with E-state index in [1.54, 1.807) is 0 Å². The minimum Gasteiger partial charge on any atom is -0.472 e. The Hall–Kier alpha value is -7.50. The molecule has 0 spiro atoms. The average molecular weight is 1200 g/mol. The molecule has 464 valence electrons. The lowest BCUT2D eigenvalue weighted by molar-refractivity contribution is 0.282. The van der Waals surface area contributed by atoms with E-state index in [4.69, 9.17) is 4.42 Å². The molecule has 8 aromatic carbocycles. The average Bonchev–Trinajstić information content (AvgIpc) is 1.65. The fourth-order valence-electron chi connectivity index (χ4n) is 17.9. The number of nitrogens with zero attached hydrogens (tertiary/aromatic N) is 3. The lowest BCUT2D eigenvalue weighted by Crippen LogP contribution is -2.61. The predicted molar refractivity (Wildman–Crippen MR) is 389 cm³/mol. The van der Waals surface area contributed by atoms with Gasteiger partial charge in [-0.2, -0.15) is 0 Å². The molecule has 0 saturated heterocycles. The first-order chi connectivity index (χ1) is 42.9. The van der Waals surface area contributed by atoms with E-state index in [0.29, 0.717) is 0 Å². The number of aryl methyl sites for hydroxylation is 2. The van der Waals surface area contributed by atoms with Crippen molar-refractivity contribution in [2.45, 2.75) is 219 Å². The highest BCUT2D eigenvalue weighted by Crippen LogP contribution is 2.59. The molecule has 0 atom stereocenters. The van der Waals surface area contributed by atoms with Gasteiger partial charge >= 0.3 is 0 Å². The molecule has 0 amide bonds. The zero-order valence-electron chi connectivity index (χ0n) is 58.0.